The summed E-state index contributed by atoms with van der Waals surface area (Å²) in [6.45, 7) is 12.6. The van der Waals surface area contributed by atoms with E-state index >= 15 is 0 Å². The molecule has 5 heteroatoms. The number of imidazole rings is 1. The fourth-order valence-corrected chi connectivity index (χ4v) is 4.99. The van der Waals surface area contributed by atoms with Crippen LogP contribution in [0.25, 0.3) is 22.6 Å². The zero-order valence-electron chi connectivity index (χ0n) is 23.9. The number of benzene rings is 3. The lowest BCUT2D eigenvalue weighted by Crippen LogP contribution is -2.36. The van der Waals surface area contributed by atoms with Crippen molar-refractivity contribution in [1.29, 1.82) is 0 Å². The second-order valence-corrected chi connectivity index (χ2v) is 10.9. The SMILES string of the molecule is CCCCn1c(-c2ccccc2C)nc(-c2ccc(C)cc2)c1CC(NCc1ccc(C(=O)O)cc1)C(C)C. The van der Waals surface area contributed by atoms with E-state index in [0.717, 1.165) is 48.5 Å². The molecule has 2 N–H and O–H groups in total. The first-order chi connectivity index (χ1) is 18.8. The van der Waals surface area contributed by atoms with Crippen LogP contribution in [0.15, 0.2) is 72.8 Å². The standard InChI is InChI=1S/C34H41N3O2/c1-6-7-20-37-31(21-30(23(2)3)35-22-26-14-18-28(19-15-26)34(38)39)32(27-16-12-24(4)13-17-27)36-33(37)29-11-9-8-10-25(29)5/h8-19,23,30,35H,6-7,20-22H2,1-5H3,(H,38,39). The Bertz CT molecular complexity index is 1390. The molecule has 1 heterocycles. The van der Waals surface area contributed by atoms with Crippen LogP contribution >= 0.6 is 0 Å². The van der Waals surface area contributed by atoms with Gasteiger partial charge in [0, 0.05) is 42.4 Å². The Morgan fingerprint density at radius 1 is 0.974 bits per heavy atom. The monoisotopic (exact) mass is 523 g/mol. The van der Waals surface area contributed by atoms with Gasteiger partial charge in [-0.25, -0.2) is 9.78 Å². The Morgan fingerprint density at radius 3 is 2.28 bits per heavy atom. The highest BCUT2D eigenvalue weighted by Gasteiger charge is 2.24. The van der Waals surface area contributed by atoms with Crippen molar-refractivity contribution in [2.24, 2.45) is 5.92 Å². The summed E-state index contributed by atoms with van der Waals surface area (Å²) in [6, 6.07) is 24.6. The van der Waals surface area contributed by atoms with Gasteiger partial charge in [-0.15, -0.1) is 0 Å². The summed E-state index contributed by atoms with van der Waals surface area (Å²) in [4.78, 5) is 16.6. The zero-order valence-corrected chi connectivity index (χ0v) is 23.9. The Hall–Kier alpha value is -3.70. The van der Waals surface area contributed by atoms with Crippen molar-refractivity contribution in [3.05, 3.63) is 101 Å². The third-order valence-corrected chi connectivity index (χ3v) is 7.51. The van der Waals surface area contributed by atoms with E-state index < -0.39 is 5.97 Å². The van der Waals surface area contributed by atoms with Crippen LogP contribution in [0.5, 0.6) is 0 Å². The summed E-state index contributed by atoms with van der Waals surface area (Å²) in [6.07, 6.45) is 3.05. The number of carboxylic acid groups (broad SMARTS) is 1. The Morgan fingerprint density at radius 2 is 1.67 bits per heavy atom. The van der Waals surface area contributed by atoms with Crippen LogP contribution < -0.4 is 5.32 Å². The van der Waals surface area contributed by atoms with Crippen LogP contribution in [-0.2, 0) is 19.5 Å². The van der Waals surface area contributed by atoms with Crippen LogP contribution in [0.4, 0.5) is 0 Å². The molecule has 0 aliphatic heterocycles. The van der Waals surface area contributed by atoms with Crippen molar-refractivity contribution in [2.45, 2.75) is 73.0 Å². The van der Waals surface area contributed by atoms with Crippen LogP contribution in [0.1, 0.15) is 66.4 Å². The predicted molar refractivity (Wildman–Crippen MR) is 160 cm³/mol. The number of hydrogen-bond acceptors (Lipinski definition) is 3. The quantitative estimate of drug-likeness (QED) is 0.200. The van der Waals surface area contributed by atoms with Crippen molar-refractivity contribution in [3.8, 4) is 22.6 Å². The lowest BCUT2D eigenvalue weighted by molar-refractivity contribution is 0.0697. The lowest BCUT2D eigenvalue weighted by atomic mass is 9.96. The fraction of sp³-hybridized carbons (Fsp3) is 0.353. The van der Waals surface area contributed by atoms with Gasteiger partial charge in [0.2, 0.25) is 0 Å². The van der Waals surface area contributed by atoms with Crippen molar-refractivity contribution >= 4 is 5.97 Å². The smallest absolute Gasteiger partial charge is 0.335 e. The van der Waals surface area contributed by atoms with E-state index in [2.05, 4.69) is 93.0 Å². The van der Waals surface area contributed by atoms with E-state index in [9.17, 15) is 9.90 Å². The van der Waals surface area contributed by atoms with Crippen LogP contribution in [0.2, 0.25) is 0 Å². The Balaban J connectivity index is 1.74. The Kier molecular flexibility index (Phi) is 9.36. The molecule has 0 amide bonds. The number of carbonyl (C=O) groups is 1. The molecule has 4 aromatic rings. The first-order valence-electron chi connectivity index (χ1n) is 14.1. The van der Waals surface area contributed by atoms with E-state index in [4.69, 9.17) is 4.98 Å². The molecular weight excluding hydrogens is 482 g/mol. The van der Waals surface area contributed by atoms with Gasteiger partial charge in [0.1, 0.15) is 5.82 Å². The summed E-state index contributed by atoms with van der Waals surface area (Å²) in [7, 11) is 0. The molecule has 1 aromatic heterocycles. The number of rotatable bonds is 12. The first-order valence-corrected chi connectivity index (χ1v) is 14.1. The zero-order chi connectivity index (χ0) is 27.9. The summed E-state index contributed by atoms with van der Waals surface area (Å²) >= 11 is 0. The number of unbranched alkanes of at least 4 members (excludes halogenated alkanes) is 1. The topological polar surface area (TPSA) is 67.2 Å². The lowest BCUT2D eigenvalue weighted by Gasteiger charge is -2.24. The molecule has 0 aliphatic rings. The van der Waals surface area contributed by atoms with Crippen molar-refractivity contribution in [1.82, 2.24) is 14.9 Å². The number of hydrogen-bond donors (Lipinski definition) is 2. The molecule has 0 fully saturated rings. The number of carboxylic acids is 1. The van der Waals surface area contributed by atoms with Gasteiger partial charge in [0.25, 0.3) is 0 Å². The minimum Gasteiger partial charge on any atom is -0.478 e. The third-order valence-electron chi connectivity index (χ3n) is 7.51. The molecule has 3 aromatic carbocycles. The molecule has 0 saturated carbocycles. The highest BCUT2D eigenvalue weighted by atomic mass is 16.4. The minimum atomic E-state index is -0.900. The molecule has 0 saturated heterocycles. The molecule has 4 rings (SSSR count). The second-order valence-electron chi connectivity index (χ2n) is 10.9. The van der Waals surface area contributed by atoms with Crippen LogP contribution in [0, 0.1) is 19.8 Å². The molecule has 39 heavy (non-hydrogen) atoms. The summed E-state index contributed by atoms with van der Waals surface area (Å²) in [5.74, 6) is 0.535. The molecule has 1 atom stereocenters. The van der Waals surface area contributed by atoms with Gasteiger partial charge in [0.15, 0.2) is 0 Å². The van der Waals surface area contributed by atoms with Gasteiger partial charge in [-0.3, -0.25) is 0 Å². The predicted octanol–water partition coefficient (Wildman–Crippen LogP) is 7.69. The highest BCUT2D eigenvalue weighted by Crippen LogP contribution is 2.33. The molecule has 1 unspecified atom stereocenters. The summed E-state index contributed by atoms with van der Waals surface area (Å²) < 4.78 is 2.46. The summed E-state index contributed by atoms with van der Waals surface area (Å²) in [5.41, 5.74) is 8.50. The average molecular weight is 524 g/mol. The maximum atomic E-state index is 11.2. The third kappa shape index (κ3) is 6.85. The van der Waals surface area contributed by atoms with E-state index in [1.54, 1.807) is 12.1 Å². The molecule has 0 spiro atoms. The molecule has 0 bridgehead atoms. The number of aryl methyl sites for hydroxylation is 2. The van der Waals surface area contributed by atoms with Gasteiger partial charge in [-0.05, 0) is 49.4 Å². The van der Waals surface area contributed by atoms with Gasteiger partial charge in [-0.1, -0.05) is 93.4 Å². The molecule has 0 aliphatic carbocycles. The fourth-order valence-electron chi connectivity index (χ4n) is 4.99. The van der Waals surface area contributed by atoms with Crippen LogP contribution in [0.3, 0.4) is 0 Å². The molecular formula is C34H41N3O2. The van der Waals surface area contributed by atoms with Gasteiger partial charge in [-0.2, -0.15) is 0 Å². The maximum absolute atomic E-state index is 11.2. The number of aromatic carboxylic acids is 1. The largest absolute Gasteiger partial charge is 0.478 e. The van der Waals surface area contributed by atoms with Gasteiger partial charge in [0.05, 0.1) is 11.3 Å². The summed E-state index contributed by atoms with van der Waals surface area (Å²) in [5, 5.41) is 13.0. The van der Waals surface area contributed by atoms with Crippen molar-refractivity contribution < 1.29 is 9.90 Å². The van der Waals surface area contributed by atoms with E-state index in [1.807, 2.05) is 12.1 Å². The second kappa shape index (κ2) is 12.9. The number of nitrogens with zero attached hydrogens (tertiary/aromatic N) is 2. The van der Waals surface area contributed by atoms with E-state index in [-0.39, 0.29) is 6.04 Å². The first kappa shape index (κ1) is 28.3. The normalized spacial score (nSPS) is 12.2. The highest BCUT2D eigenvalue weighted by molar-refractivity contribution is 5.87. The van der Waals surface area contributed by atoms with Crippen molar-refractivity contribution in [2.75, 3.05) is 0 Å². The van der Waals surface area contributed by atoms with Gasteiger partial charge >= 0.3 is 5.97 Å². The maximum Gasteiger partial charge on any atom is 0.335 e. The molecule has 204 valence electrons. The Labute approximate surface area is 232 Å². The number of aromatic nitrogens is 2. The number of nitrogens with one attached hydrogen (secondary N) is 1. The van der Waals surface area contributed by atoms with E-state index in [1.165, 1.54) is 22.4 Å². The van der Waals surface area contributed by atoms with E-state index in [0.29, 0.717) is 18.0 Å². The molecule has 0 radical (unpaired) electrons. The van der Waals surface area contributed by atoms with Crippen molar-refractivity contribution in [3.63, 3.8) is 0 Å². The van der Waals surface area contributed by atoms with Crippen LogP contribution in [-0.4, -0.2) is 26.7 Å². The van der Waals surface area contributed by atoms with Gasteiger partial charge < -0.3 is 15.0 Å². The molecule has 5 nitrogen and oxygen atoms in total. The average Bonchev–Trinajstić information content (AvgIpc) is 3.28. The minimum absolute atomic E-state index is 0.218.